The van der Waals surface area contributed by atoms with Gasteiger partial charge in [-0.1, -0.05) is 30.3 Å². The molecule has 92 valence electrons. The standard InChI is InChI=1S/C12H11N3O3/c16-12(11-6-10(8-13-11)15(17)18)14-7-9-4-2-1-3-5-9/h1-6,8,13H,7H2,(H,14,16). The lowest BCUT2D eigenvalue weighted by Gasteiger charge is -2.03. The summed E-state index contributed by atoms with van der Waals surface area (Å²) in [6.07, 6.45) is 1.19. The molecular formula is C12H11N3O3. The largest absolute Gasteiger partial charge is 0.351 e. The van der Waals surface area contributed by atoms with Gasteiger partial charge in [0.05, 0.1) is 11.1 Å². The molecule has 2 N–H and O–H groups in total. The third-order valence-corrected chi connectivity index (χ3v) is 2.42. The minimum Gasteiger partial charge on any atom is -0.351 e. The normalized spacial score (nSPS) is 10.0. The molecule has 0 bridgehead atoms. The minimum atomic E-state index is -0.551. The molecular weight excluding hydrogens is 234 g/mol. The van der Waals surface area contributed by atoms with Gasteiger partial charge in [0, 0.05) is 12.6 Å². The molecule has 0 radical (unpaired) electrons. The molecule has 6 heteroatoms. The summed E-state index contributed by atoms with van der Waals surface area (Å²) in [7, 11) is 0. The Balaban J connectivity index is 1.97. The Bertz CT molecular complexity index is 563. The lowest BCUT2D eigenvalue weighted by Crippen LogP contribution is -2.22. The van der Waals surface area contributed by atoms with Gasteiger partial charge in [-0.2, -0.15) is 0 Å². The van der Waals surface area contributed by atoms with Gasteiger partial charge in [-0.05, 0) is 5.56 Å². The summed E-state index contributed by atoms with van der Waals surface area (Å²) in [4.78, 5) is 24.2. The molecule has 0 atom stereocenters. The zero-order valence-electron chi connectivity index (χ0n) is 9.42. The van der Waals surface area contributed by atoms with Gasteiger partial charge in [0.2, 0.25) is 0 Å². The van der Waals surface area contributed by atoms with Crippen LogP contribution in [-0.2, 0) is 6.54 Å². The maximum absolute atomic E-state index is 11.7. The van der Waals surface area contributed by atoms with Crippen LogP contribution in [0.2, 0.25) is 0 Å². The van der Waals surface area contributed by atoms with Gasteiger partial charge in [0.1, 0.15) is 5.69 Å². The molecule has 1 aromatic heterocycles. The highest BCUT2D eigenvalue weighted by Crippen LogP contribution is 2.12. The fourth-order valence-corrected chi connectivity index (χ4v) is 1.49. The number of rotatable bonds is 4. The van der Waals surface area contributed by atoms with Crippen molar-refractivity contribution >= 4 is 11.6 Å². The molecule has 0 aliphatic carbocycles. The number of carbonyl (C=O) groups excluding carboxylic acids is 1. The van der Waals surface area contributed by atoms with Gasteiger partial charge >= 0.3 is 0 Å². The molecule has 0 unspecified atom stereocenters. The molecule has 0 saturated heterocycles. The number of H-pyrrole nitrogens is 1. The van der Waals surface area contributed by atoms with Crippen LogP contribution in [0.5, 0.6) is 0 Å². The van der Waals surface area contributed by atoms with E-state index in [4.69, 9.17) is 0 Å². The van der Waals surface area contributed by atoms with E-state index in [-0.39, 0.29) is 17.3 Å². The van der Waals surface area contributed by atoms with E-state index < -0.39 is 4.92 Å². The van der Waals surface area contributed by atoms with Crippen molar-refractivity contribution < 1.29 is 9.72 Å². The lowest BCUT2D eigenvalue weighted by atomic mass is 10.2. The number of nitrogens with one attached hydrogen (secondary N) is 2. The highest BCUT2D eigenvalue weighted by Gasteiger charge is 2.13. The van der Waals surface area contributed by atoms with E-state index in [1.807, 2.05) is 30.3 Å². The van der Waals surface area contributed by atoms with Gasteiger partial charge in [0.25, 0.3) is 11.6 Å². The third-order valence-electron chi connectivity index (χ3n) is 2.42. The van der Waals surface area contributed by atoms with E-state index in [2.05, 4.69) is 10.3 Å². The Kier molecular flexibility index (Phi) is 3.38. The Hall–Kier alpha value is -2.63. The minimum absolute atomic E-state index is 0.125. The van der Waals surface area contributed by atoms with Crippen LogP contribution in [-0.4, -0.2) is 15.8 Å². The van der Waals surface area contributed by atoms with Gasteiger partial charge < -0.3 is 10.3 Å². The molecule has 2 rings (SSSR count). The van der Waals surface area contributed by atoms with Crippen molar-refractivity contribution in [1.82, 2.24) is 10.3 Å². The molecule has 0 spiro atoms. The van der Waals surface area contributed by atoms with Gasteiger partial charge in [-0.15, -0.1) is 0 Å². The Labute approximate surface area is 103 Å². The Morgan fingerprint density at radius 3 is 2.67 bits per heavy atom. The van der Waals surface area contributed by atoms with Crippen molar-refractivity contribution in [3.63, 3.8) is 0 Å². The second-order valence-electron chi connectivity index (χ2n) is 3.70. The summed E-state index contributed by atoms with van der Waals surface area (Å²) >= 11 is 0. The van der Waals surface area contributed by atoms with Crippen LogP contribution >= 0.6 is 0 Å². The van der Waals surface area contributed by atoms with E-state index >= 15 is 0 Å². The SMILES string of the molecule is O=C(NCc1ccccc1)c1cc([N+](=O)[O-])c[nH]1. The highest BCUT2D eigenvalue weighted by atomic mass is 16.6. The van der Waals surface area contributed by atoms with Crippen LogP contribution in [0, 0.1) is 10.1 Å². The summed E-state index contributed by atoms with van der Waals surface area (Å²) in [5.41, 5.74) is 1.02. The number of nitrogens with zero attached hydrogens (tertiary/aromatic N) is 1. The smallest absolute Gasteiger partial charge is 0.287 e. The number of hydrogen-bond acceptors (Lipinski definition) is 3. The number of aromatic nitrogens is 1. The number of nitro groups is 1. The monoisotopic (exact) mass is 245 g/mol. The maximum atomic E-state index is 11.7. The van der Waals surface area contributed by atoms with Crippen molar-refractivity contribution in [3.8, 4) is 0 Å². The summed E-state index contributed by atoms with van der Waals surface area (Å²) in [5.74, 6) is -0.369. The van der Waals surface area contributed by atoms with Crippen molar-refractivity contribution in [2.45, 2.75) is 6.54 Å². The molecule has 1 aromatic carbocycles. The van der Waals surface area contributed by atoms with E-state index in [1.54, 1.807) is 0 Å². The number of hydrogen-bond donors (Lipinski definition) is 2. The number of amides is 1. The van der Waals surface area contributed by atoms with E-state index in [1.165, 1.54) is 12.3 Å². The lowest BCUT2D eigenvalue weighted by molar-refractivity contribution is -0.384. The zero-order chi connectivity index (χ0) is 13.0. The molecule has 0 aliphatic heterocycles. The highest BCUT2D eigenvalue weighted by molar-refractivity contribution is 5.93. The zero-order valence-corrected chi connectivity index (χ0v) is 9.42. The average Bonchev–Trinajstić information content (AvgIpc) is 2.87. The van der Waals surface area contributed by atoms with Crippen molar-refractivity contribution in [1.29, 1.82) is 0 Å². The van der Waals surface area contributed by atoms with Crippen LogP contribution < -0.4 is 5.32 Å². The van der Waals surface area contributed by atoms with E-state index in [0.29, 0.717) is 6.54 Å². The molecule has 2 aromatic rings. The molecule has 1 heterocycles. The molecule has 0 aliphatic rings. The van der Waals surface area contributed by atoms with Crippen LogP contribution in [0.3, 0.4) is 0 Å². The first-order valence-electron chi connectivity index (χ1n) is 5.32. The fourth-order valence-electron chi connectivity index (χ4n) is 1.49. The maximum Gasteiger partial charge on any atom is 0.287 e. The molecule has 1 amide bonds. The number of carbonyl (C=O) groups is 1. The van der Waals surface area contributed by atoms with Crippen molar-refractivity contribution in [3.05, 3.63) is 64.0 Å². The second-order valence-corrected chi connectivity index (χ2v) is 3.70. The van der Waals surface area contributed by atoms with Gasteiger partial charge in [0.15, 0.2) is 0 Å². The second kappa shape index (κ2) is 5.13. The Morgan fingerprint density at radius 1 is 1.33 bits per heavy atom. The first-order valence-corrected chi connectivity index (χ1v) is 5.32. The quantitative estimate of drug-likeness (QED) is 0.636. The number of aromatic amines is 1. The molecule has 18 heavy (non-hydrogen) atoms. The summed E-state index contributed by atoms with van der Waals surface area (Å²) in [6.45, 7) is 0.381. The number of benzene rings is 1. The van der Waals surface area contributed by atoms with E-state index in [9.17, 15) is 14.9 Å². The first kappa shape index (κ1) is 11.8. The average molecular weight is 245 g/mol. The van der Waals surface area contributed by atoms with Crippen LogP contribution in [0.15, 0.2) is 42.6 Å². The summed E-state index contributed by atoms with van der Waals surface area (Å²) < 4.78 is 0. The first-order chi connectivity index (χ1) is 8.66. The van der Waals surface area contributed by atoms with Gasteiger partial charge in [-0.3, -0.25) is 14.9 Å². The Morgan fingerprint density at radius 2 is 2.06 bits per heavy atom. The van der Waals surface area contributed by atoms with Crippen LogP contribution in [0.25, 0.3) is 0 Å². The van der Waals surface area contributed by atoms with Crippen molar-refractivity contribution in [2.75, 3.05) is 0 Å². The van der Waals surface area contributed by atoms with Gasteiger partial charge in [-0.25, -0.2) is 0 Å². The molecule has 0 saturated carbocycles. The van der Waals surface area contributed by atoms with Crippen LogP contribution in [0.4, 0.5) is 5.69 Å². The summed E-state index contributed by atoms with van der Waals surface area (Å²) in [6, 6.07) is 10.6. The van der Waals surface area contributed by atoms with Crippen molar-refractivity contribution in [2.24, 2.45) is 0 Å². The third kappa shape index (κ3) is 2.73. The predicted octanol–water partition coefficient (Wildman–Crippen LogP) is 1.85. The summed E-state index contributed by atoms with van der Waals surface area (Å²) in [5, 5.41) is 13.1. The topological polar surface area (TPSA) is 88.0 Å². The van der Waals surface area contributed by atoms with E-state index in [0.717, 1.165) is 5.56 Å². The predicted molar refractivity (Wildman–Crippen MR) is 65.1 cm³/mol. The molecule has 0 fully saturated rings. The molecule has 6 nitrogen and oxygen atoms in total. The fraction of sp³-hybridized carbons (Fsp3) is 0.0833. The van der Waals surface area contributed by atoms with Crippen LogP contribution in [0.1, 0.15) is 16.1 Å².